The number of nitrogens with one attached hydrogen (secondary N) is 2. The molecule has 0 saturated heterocycles. The van der Waals surface area contributed by atoms with E-state index in [1.807, 2.05) is 0 Å². The molecule has 5 nitrogen and oxygen atoms in total. The van der Waals surface area contributed by atoms with Crippen LogP contribution in [0.15, 0.2) is 23.6 Å². The second-order valence-corrected chi connectivity index (χ2v) is 6.13. The van der Waals surface area contributed by atoms with Crippen molar-refractivity contribution in [2.24, 2.45) is 5.92 Å². The summed E-state index contributed by atoms with van der Waals surface area (Å²) in [5, 5.41) is 6.98. The van der Waals surface area contributed by atoms with E-state index in [0.717, 1.165) is 36.3 Å². The van der Waals surface area contributed by atoms with Crippen molar-refractivity contribution in [3.05, 3.63) is 46.5 Å². The molecule has 0 spiro atoms. The first-order valence-electron chi connectivity index (χ1n) is 7.03. The van der Waals surface area contributed by atoms with Gasteiger partial charge in [-0.15, -0.1) is 11.3 Å². The maximum Gasteiger partial charge on any atom is 0.270 e. The van der Waals surface area contributed by atoms with Gasteiger partial charge in [0.1, 0.15) is 5.69 Å². The molecule has 23 heavy (non-hydrogen) atoms. The second kappa shape index (κ2) is 6.41. The first kappa shape index (κ1) is 15.5. The van der Waals surface area contributed by atoms with Crippen LogP contribution in [0.4, 0.5) is 13.9 Å². The van der Waals surface area contributed by atoms with Gasteiger partial charge >= 0.3 is 0 Å². The van der Waals surface area contributed by atoms with E-state index >= 15 is 0 Å². The summed E-state index contributed by atoms with van der Waals surface area (Å²) in [6.07, 6.45) is 2.26. The maximum atomic E-state index is 13.1. The van der Waals surface area contributed by atoms with Crippen molar-refractivity contribution >= 4 is 28.3 Å². The zero-order chi connectivity index (χ0) is 16.4. The number of nitrogens with zero attached hydrogens (tertiary/aromatic N) is 1. The highest BCUT2D eigenvalue weighted by Crippen LogP contribution is 2.27. The summed E-state index contributed by atoms with van der Waals surface area (Å²) in [7, 11) is 0. The van der Waals surface area contributed by atoms with Gasteiger partial charge in [0.2, 0.25) is 0 Å². The molecular formula is C15H13F2N3O2S. The number of carbonyl (C=O) groups is 2. The van der Waals surface area contributed by atoms with Crippen molar-refractivity contribution in [1.29, 1.82) is 0 Å². The van der Waals surface area contributed by atoms with Crippen LogP contribution in [0.5, 0.6) is 0 Å². The smallest absolute Gasteiger partial charge is 0.270 e. The third kappa shape index (κ3) is 3.89. The Kier molecular flexibility index (Phi) is 4.33. The molecule has 0 atom stereocenters. The van der Waals surface area contributed by atoms with Crippen molar-refractivity contribution in [2.45, 2.75) is 12.8 Å². The molecule has 0 unspecified atom stereocenters. The van der Waals surface area contributed by atoms with Gasteiger partial charge in [0, 0.05) is 17.5 Å². The van der Waals surface area contributed by atoms with E-state index in [9.17, 15) is 18.4 Å². The number of hydrogen-bond donors (Lipinski definition) is 2. The fourth-order valence-electron chi connectivity index (χ4n) is 1.89. The van der Waals surface area contributed by atoms with Crippen molar-refractivity contribution in [3.8, 4) is 0 Å². The van der Waals surface area contributed by atoms with Crippen LogP contribution in [0.3, 0.4) is 0 Å². The predicted octanol–water partition coefficient (Wildman–Crippen LogP) is 2.81. The highest BCUT2D eigenvalue weighted by Gasteiger charge is 2.22. The molecule has 0 radical (unpaired) electrons. The van der Waals surface area contributed by atoms with Gasteiger partial charge in [-0.3, -0.25) is 14.9 Å². The van der Waals surface area contributed by atoms with E-state index in [2.05, 4.69) is 15.6 Å². The van der Waals surface area contributed by atoms with E-state index in [0.29, 0.717) is 12.5 Å². The van der Waals surface area contributed by atoms with Crippen molar-refractivity contribution < 1.29 is 18.4 Å². The second-order valence-electron chi connectivity index (χ2n) is 5.27. The molecule has 1 heterocycles. The summed E-state index contributed by atoms with van der Waals surface area (Å²) < 4.78 is 26.0. The number of anilines is 1. The Balaban J connectivity index is 1.62. The topological polar surface area (TPSA) is 71.1 Å². The highest BCUT2D eigenvalue weighted by atomic mass is 32.1. The van der Waals surface area contributed by atoms with Gasteiger partial charge in [0.15, 0.2) is 16.8 Å². The molecule has 1 fully saturated rings. The van der Waals surface area contributed by atoms with E-state index in [-0.39, 0.29) is 22.3 Å². The van der Waals surface area contributed by atoms with Crippen molar-refractivity contribution in [1.82, 2.24) is 10.3 Å². The van der Waals surface area contributed by atoms with Crippen LogP contribution in [-0.2, 0) is 0 Å². The zero-order valence-electron chi connectivity index (χ0n) is 11.9. The Morgan fingerprint density at radius 3 is 2.70 bits per heavy atom. The quantitative estimate of drug-likeness (QED) is 0.881. The van der Waals surface area contributed by atoms with Crippen LogP contribution in [0, 0.1) is 17.6 Å². The SMILES string of the molecule is O=C(Nc1nc(C(=O)NCC2CC2)cs1)c1ccc(F)c(F)c1. The Morgan fingerprint density at radius 1 is 1.22 bits per heavy atom. The lowest BCUT2D eigenvalue weighted by atomic mass is 10.2. The minimum absolute atomic E-state index is 0.0289. The maximum absolute atomic E-state index is 13.1. The van der Waals surface area contributed by atoms with E-state index in [1.54, 1.807) is 0 Å². The van der Waals surface area contributed by atoms with Crippen LogP contribution >= 0.6 is 11.3 Å². The fourth-order valence-corrected chi connectivity index (χ4v) is 2.58. The minimum Gasteiger partial charge on any atom is -0.350 e. The van der Waals surface area contributed by atoms with Crippen LogP contribution in [0.1, 0.15) is 33.7 Å². The van der Waals surface area contributed by atoms with Crippen LogP contribution in [0.25, 0.3) is 0 Å². The molecular weight excluding hydrogens is 324 g/mol. The molecule has 2 N–H and O–H groups in total. The van der Waals surface area contributed by atoms with Crippen molar-refractivity contribution in [2.75, 3.05) is 11.9 Å². The normalized spacial score (nSPS) is 13.7. The molecule has 1 aromatic carbocycles. The molecule has 2 aromatic rings. The number of thiazole rings is 1. The first-order chi connectivity index (χ1) is 11.0. The lowest BCUT2D eigenvalue weighted by Gasteiger charge is -2.02. The van der Waals surface area contributed by atoms with Gasteiger partial charge in [-0.05, 0) is 37.0 Å². The molecule has 120 valence electrons. The Hall–Kier alpha value is -2.35. The average molecular weight is 337 g/mol. The average Bonchev–Trinajstić information content (AvgIpc) is 3.25. The zero-order valence-corrected chi connectivity index (χ0v) is 12.8. The standard InChI is InChI=1S/C15H13F2N3O2S/c16-10-4-3-9(5-11(10)17)13(21)20-15-19-12(7-23-15)14(22)18-6-8-1-2-8/h3-5,7-8H,1-2,6H2,(H,18,22)(H,19,20,21). The lowest BCUT2D eigenvalue weighted by Crippen LogP contribution is -2.25. The number of amides is 2. The summed E-state index contributed by atoms with van der Waals surface area (Å²) >= 11 is 1.09. The van der Waals surface area contributed by atoms with Gasteiger partial charge in [0.25, 0.3) is 11.8 Å². The first-order valence-corrected chi connectivity index (χ1v) is 7.91. The summed E-state index contributed by atoms with van der Waals surface area (Å²) in [6, 6.07) is 2.86. The number of aromatic nitrogens is 1. The Bertz CT molecular complexity index is 759. The third-order valence-electron chi connectivity index (χ3n) is 3.39. The molecule has 8 heteroatoms. The summed E-state index contributed by atoms with van der Waals surface area (Å²) in [5.41, 5.74) is 0.190. The summed E-state index contributed by atoms with van der Waals surface area (Å²) in [4.78, 5) is 27.8. The Morgan fingerprint density at radius 2 is 2.00 bits per heavy atom. The van der Waals surface area contributed by atoms with Gasteiger partial charge in [-0.25, -0.2) is 13.8 Å². The fraction of sp³-hybridized carbons (Fsp3) is 0.267. The number of hydrogen-bond acceptors (Lipinski definition) is 4. The van der Waals surface area contributed by atoms with E-state index in [4.69, 9.17) is 0 Å². The summed E-state index contributed by atoms with van der Waals surface area (Å²) in [6.45, 7) is 0.632. The number of halogens is 2. The summed E-state index contributed by atoms with van der Waals surface area (Å²) in [5.74, 6) is -2.47. The molecule has 3 rings (SSSR count). The number of benzene rings is 1. The van der Waals surface area contributed by atoms with Crippen LogP contribution in [0.2, 0.25) is 0 Å². The molecule has 0 aliphatic heterocycles. The van der Waals surface area contributed by atoms with Gasteiger partial charge in [0.05, 0.1) is 0 Å². The molecule has 1 saturated carbocycles. The molecule has 1 aliphatic rings. The number of rotatable bonds is 5. The van der Waals surface area contributed by atoms with Crippen LogP contribution in [-0.4, -0.2) is 23.3 Å². The molecule has 1 aliphatic carbocycles. The van der Waals surface area contributed by atoms with E-state index in [1.165, 1.54) is 11.4 Å². The molecule has 1 aromatic heterocycles. The van der Waals surface area contributed by atoms with Crippen molar-refractivity contribution in [3.63, 3.8) is 0 Å². The van der Waals surface area contributed by atoms with Gasteiger partial charge in [-0.1, -0.05) is 0 Å². The van der Waals surface area contributed by atoms with Gasteiger partial charge < -0.3 is 5.32 Å². The van der Waals surface area contributed by atoms with Gasteiger partial charge in [-0.2, -0.15) is 0 Å². The highest BCUT2D eigenvalue weighted by molar-refractivity contribution is 7.14. The minimum atomic E-state index is -1.10. The van der Waals surface area contributed by atoms with E-state index < -0.39 is 17.5 Å². The lowest BCUT2D eigenvalue weighted by molar-refractivity contribution is 0.0946. The third-order valence-corrected chi connectivity index (χ3v) is 4.15. The predicted molar refractivity (Wildman–Crippen MR) is 81.5 cm³/mol. The van der Waals surface area contributed by atoms with Crippen LogP contribution < -0.4 is 10.6 Å². The molecule has 2 amide bonds. The Labute approximate surface area is 134 Å². The molecule has 0 bridgehead atoms. The largest absolute Gasteiger partial charge is 0.350 e. The number of carbonyl (C=O) groups excluding carboxylic acids is 2. The monoisotopic (exact) mass is 337 g/mol.